The molecule has 0 saturated carbocycles. The molecule has 60 heavy (non-hydrogen) atoms. The number of aliphatic hydroxyl groups excluding tert-OH is 2. The Kier molecular flexibility index (Phi) is 48.6. The molecule has 1 amide bonds. The lowest BCUT2D eigenvalue weighted by Gasteiger charge is -2.22. The second-order valence-electron chi connectivity index (χ2n) is 18.2. The van der Waals surface area contributed by atoms with E-state index in [0.29, 0.717) is 25.9 Å². The van der Waals surface area contributed by atoms with Crippen molar-refractivity contribution >= 4 is 11.9 Å². The first kappa shape index (κ1) is 58.3. The van der Waals surface area contributed by atoms with Crippen molar-refractivity contribution in [2.45, 2.75) is 296 Å². The number of carbonyl (C=O) groups excluding carboxylic acids is 2. The standard InChI is InChI=1S/C54H103NO5/c1-3-5-7-9-11-13-15-17-18-19-20-21-22-23-24-25-26-30-34-38-42-46-52(57)51(50-56)55-53(58)47-43-39-35-31-28-29-33-37-41-45-49-60-54(59)48-44-40-36-32-27-16-14-12-10-8-6-4-2/h12,14,29,33,51-52,56-57H,3-11,13,15-28,30-32,34-50H2,1-2H3,(H,55,58)/b14-12-,33-29-. The average Bonchev–Trinajstić information content (AvgIpc) is 3.25. The monoisotopic (exact) mass is 846 g/mol. The number of unbranched alkanes of at least 4 members (excludes halogenated alkanes) is 34. The largest absolute Gasteiger partial charge is 0.466 e. The molecule has 0 aliphatic heterocycles. The molecule has 6 nitrogen and oxygen atoms in total. The van der Waals surface area contributed by atoms with Crippen molar-refractivity contribution in [3.8, 4) is 0 Å². The lowest BCUT2D eigenvalue weighted by molar-refractivity contribution is -0.143. The van der Waals surface area contributed by atoms with Gasteiger partial charge in [-0.2, -0.15) is 0 Å². The minimum absolute atomic E-state index is 0.0460. The Balaban J connectivity index is 3.52. The predicted octanol–water partition coefficient (Wildman–Crippen LogP) is 15.9. The van der Waals surface area contributed by atoms with Crippen molar-refractivity contribution in [2.24, 2.45) is 0 Å². The first-order valence-corrected chi connectivity index (χ1v) is 26.6. The Labute approximate surface area is 373 Å². The summed E-state index contributed by atoms with van der Waals surface area (Å²) < 4.78 is 5.42. The van der Waals surface area contributed by atoms with Crippen LogP contribution in [0.1, 0.15) is 284 Å². The number of amides is 1. The van der Waals surface area contributed by atoms with Gasteiger partial charge in [-0.1, -0.05) is 218 Å². The Morgan fingerprint density at radius 1 is 0.450 bits per heavy atom. The van der Waals surface area contributed by atoms with Crippen LogP contribution in [0, 0.1) is 0 Å². The third-order valence-electron chi connectivity index (χ3n) is 12.2. The number of nitrogens with one attached hydrogen (secondary N) is 1. The molecule has 0 aromatic carbocycles. The van der Waals surface area contributed by atoms with Gasteiger partial charge < -0.3 is 20.3 Å². The summed E-state index contributed by atoms with van der Waals surface area (Å²) in [5, 5.41) is 23.3. The summed E-state index contributed by atoms with van der Waals surface area (Å²) in [5.41, 5.74) is 0. The molecule has 0 saturated heterocycles. The molecule has 0 aromatic heterocycles. The minimum atomic E-state index is -0.687. The lowest BCUT2D eigenvalue weighted by atomic mass is 10.0. The fourth-order valence-electron chi connectivity index (χ4n) is 8.10. The molecule has 0 fully saturated rings. The third-order valence-corrected chi connectivity index (χ3v) is 12.2. The van der Waals surface area contributed by atoms with E-state index in [1.54, 1.807) is 0 Å². The molecule has 0 heterocycles. The van der Waals surface area contributed by atoms with Gasteiger partial charge in [-0.05, 0) is 77.0 Å². The number of allylic oxidation sites excluding steroid dienone is 4. The number of ether oxygens (including phenoxy) is 1. The number of aliphatic hydroxyl groups is 2. The minimum Gasteiger partial charge on any atom is -0.466 e. The summed E-state index contributed by atoms with van der Waals surface area (Å²) in [4.78, 5) is 24.4. The highest BCUT2D eigenvalue weighted by Gasteiger charge is 2.20. The van der Waals surface area contributed by atoms with Crippen LogP contribution in [-0.4, -0.2) is 47.4 Å². The molecule has 0 bridgehead atoms. The van der Waals surface area contributed by atoms with Gasteiger partial charge in [0.15, 0.2) is 0 Å². The van der Waals surface area contributed by atoms with Crippen molar-refractivity contribution < 1.29 is 24.5 Å². The molecule has 354 valence electrons. The van der Waals surface area contributed by atoms with Gasteiger partial charge in [0, 0.05) is 12.8 Å². The molecular weight excluding hydrogens is 743 g/mol. The van der Waals surface area contributed by atoms with Crippen LogP contribution in [0.2, 0.25) is 0 Å². The van der Waals surface area contributed by atoms with E-state index >= 15 is 0 Å². The fraction of sp³-hybridized carbons (Fsp3) is 0.889. The highest BCUT2D eigenvalue weighted by Crippen LogP contribution is 2.17. The van der Waals surface area contributed by atoms with Crippen LogP contribution >= 0.6 is 0 Å². The van der Waals surface area contributed by atoms with E-state index in [1.165, 1.54) is 173 Å². The molecule has 0 rings (SSSR count). The van der Waals surface area contributed by atoms with E-state index in [0.717, 1.165) is 77.0 Å². The summed E-state index contributed by atoms with van der Waals surface area (Å²) in [7, 11) is 0. The molecule has 0 aliphatic rings. The van der Waals surface area contributed by atoms with Crippen LogP contribution < -0.4 is 5.32 Å². The fourth-order valence-corrected chi connectivity index (χ4v) is 8.10. The van der Waals surface area contributed by atoms with E-state index in [-0.39, 0.29) is 18.5 Å². The zero-order valence-electron chi connectivity index (χ0n) is 40.2. The second-order valence-corrected chi connectivity index (χ2v) is 18.2. The summed E-state index contributed by atoms with van der Waals surface area (Å²) >= 11 is 0. The molecule has 0 spiro atoms. The smallest absolute Gasteiger partial charge is 0.305 e. The third kappa shape index (κ3) is 45.9. The van der Waals surface area contributed by atoms with E-state index in [4.69, 9.17) is 4.74 Å². The normalized spacial score (nSPS) is 12.8. The van der Waals surface area contributed by atoms with Gasteiger partial charge >= 0.3 is 5.97 Å². The van der Waals surface area contributed by atoms with Crippen LogP contribution in [0.25, 0.3) is 0 Å². The molecule has 2 unspecified atom stereocenters. The highest BCUT2D eigenvalue weighted by atomic mass is 16.5. The topological polar surface area (TPSA) is 95.9 Å². The molecule has 2 atom stereocenters. The SMILES string of the molecule is CCCCC/C=C\CCCCCCCC(=O)OCCCC/C=C\CCCCCCC(=O)NC(CO)C(O)CCCCCCCCCCCCCCCCCCCCCCC. The highest BCUT2D eigenvalue weighted by molar-refractivity contribution is 5.76. The zero-order valence-corrected chi connectivity index (χ0v) is 40.2. The molecular formula is C54H103NO5. The number of rotatable bonds is 49. The molecule has 0 aromatic rings. The molecule has 0 radical (unpaired) electrons. The maximum Gasteiger partial charge on any atom is 0.305 e. The quantitative estimate of drug-likeness (QED) is 0.0322. The Morgan fingerprint density at radius 3 is 1.22 bits per heavy atom. The van der Waals surface area contributed by atoms with E-state index < -0.39 is 12.1 Å². The molecule has 3 N–H and O–H groups in total. The number of esters is 1. The average molecular weight is 846 g/mol. The van der Waals surface area contributed by atoms with Crippen molar-refractivity contribution in [2.75, 3.05) is 13.2 Å². The number of hydrogen-bond acceptors (Lipinski definition) is 5. The van der Waals surface area contributed by atoms with Crippen molar-refractivity contribution in [3.63, 3.8) is 0 Å². The summed E-state index contributed by atoms with van der Waals surface area (Å²) in [5.74, 6) is -0.116. The first-order chi connectivity index (χ1) is 29.5. The number of carbonyl (C=O) groups is 2. The maximum absolute atomic E-state index is 12.5. The van der Waals surface area contributed by atoms with Crippen molar-refractivity contribution in [1.29, 1.82) is 0 Å². The van der Waals surface area contributed by atoms with E-state index in [2.05, 4.69) is 43.5 Å². The predicted molar refractivity (Wildman–Crippen MR) is 260 cm³/mol. The van der Waals surface area contributed by atoms with Gasteiger partial charge in [0.25, 0.3) is 0 Å². The van der Waals surface area contributed by atoms with E-state index in [9.17, 15) is 19.8 Å². The van der Waals surface area contributed by atoms with E-state index in [1.807, 2.05) is 0 Å². The summed E-state index contributed by atoms with van der Waals surface area (Å²) in [6, 6.07) is -0.567. The van der Waals surface area contributed by atoms with Crippen LogP contribution in [-0.2, 0) is 14.3 Å². The lowest BCUT2D eigenvalue weighted by Crippen LogP contribution is -2.45. The van der Waals surface area contributed by atoms with Gasteiger partial charge in [0.2, 0.25) is 5.91 Å². The summed E-state index contributed by atoms with van der Waals surface area (Å²) in [6.07, 6.45) is 58.7. The molecule has 6 heteroatoms. The summed E-state index contributed by atoms with van der Waals surface area (Å²) in [6.45, 7) is 4.84. The van der Waals surface area contributed by atoms with Gasteiger partial charge in [0.05, 0.1) is 25.4 Å². The Morgan fingerprint density at radius 2 is 0.783 bits per heavy atom. The van der Waals surface area contributed by atoms with Crippen LogP contribution in [0.5, 0.6) is 0 Å². The Hall–Kier alpha value is -1.66. The molecule has 0 aliphatic carbocycles. The second kappa shape index (κ2) is 50.0. The van der Waals surface area contributed by atoms with Crippen molar-refractivity contribution in [3.05, 3.63) is 24.3 Å². The Bertz CT molecular complexity index is 935. The number of hydrogen-bond donors (Lipinski definition) is 3. The zero-order chi connectivity index (χ0) is 43.7. The van der Waals surface area contributed by atoms with Crippen LogP contribution in [0.4, 0.5) is 0 Å². The maximum atomic E-state index is 12.5. The van der Waals surface area contributed by atoms with Gasteiger partial charge in [-0.25, -0.2) is 0 Å². The first-order valence-electron chi connectivity index (χ1n) is 26.6. The van der Waals surface area contributed by atoms with Gasteiger partial charge in [-0.3, -0.25) is 9.59 Å². The van der Waals surface area contributed by atoms with Gasteiger partial charge in [0.1, 0.15) is 0 Å². The van der Waals surface area contributed by atoms with Crippen LogP contribution in [0.15, 0.2) is 24.3 Å². The van der Waals surface area contributed by atoms with Crippen LogP contribution in [0.3, 0.4) is 0 Å². The van der Waals surface area contributed by atoms with Crippen molar-refractivity contribution in [1.82, 2.24) is 5.32 Å². The van der Waals surface area contributed by atoms with Gasteiger partial charge in [-0.15, -0.1) is 0 Å².